The van der Waals surface area contributed by atoms with E-state index in [1.54, 1.807) is 11.8 Å². The highest BCUT2D eigenvalue weighted by Crippen LogP contribution is 2.29. The molecule has 84 valence electrons. The molecular formula is C13H11N3S. The average molecular weight is 241 g/mol. The number of imidazole rings is 1. The fourth-order valence-corrected chi connectivity index (χ4v) is 2.57. The first-order chi connectivity index (χ1) is 8.31. The molecule has 0 atom stereocenters. The number of anilines is 1. The number of benzene rings is 2. The van der Waals surface area contributed by atoms with Gasteiger partial charge in [-0.25, -0.2) is 4.98 Å². The van der Waals surface area contributed by atoms with Crippen LogP contribution >= 0.6 is 11.8 Å². The molecule has 0 spiro atoms. The van der Waals surface area contributed by atoms with E-state index in [0.29, 0.717) is 5.95 Å². The molecule has 3 aromatic rings. The molecular weight excluding hydrogens is 230 g/mol. The number of H-pyrrole nitrogens is 1. The Bertz CT molecular complexity index is 646. The van der Waals surface area contributed by atoms with Crippen molar-refractivity contribution in [3.63, 3.8) is 0 Å². The van der Waals surface area contributed by atoms with Gasteiger partial charge < -0.3 is 10.7 Å². The molecule has 0 aliphatic carbocycles. The van der Waals surface area contributed by atoms with Gasteiger partial charge in [-0.05, 0) is 30.3 Å². The van der Waals surface area contributed by atoms with Crippen LogP contribution in [0.4, 0.5) is 5.95 Å². The second-order valence-electron chi connectivity index (χ2n) is 3.72. The third-order valence-corrected chi connectivity index (χ3v) is 3.45. The maximum atomic E-state index is 5.62. The molecule has 1 aromatic heterocycles. The highest BCUT2D eigenvalue weighted by Gasteiger charge is 2.02. The molecule has 1 heterocycles. The van der Waals surface area contributed by atoms with Crippen LogP contribution < -0.4 is 5.73 Å². The van der Waals surface area contributed by atoms with Crippen LogP contribution in [0.1, 0.15) is 0 Å². The van der Waals surface area contributed by atoms with Crippen LogP contribution in [0.3, 0.4) is 0 Å². The Hall–Kier alpha value is -1.94. The summed E-state index contributed by atoms with van der Waals surface area (Å²) in [6.45, 7) is 0. The molecule has 0 unspecified atom stereocenters. The number of aromatic nitrogens is 2. The van der Waals surface area contributed by atoms with Crippen LogP contribution in [0.2, 0.25) is 0 Å². The number of hydrogen-bond donors (Lipinski definition) is 2. The minimum Gasteiger partial charge on any atom is -0.369 e. The number of aromatic amines is 1. The van der Waals surface area contributed by atoms with Crippen LogP contribution in [0, 0.1) is 0 Å². The van der Waals surface area contributed by atoms with Gasteiger partial charge in [0.2, 0.25) is 0 Å². The van der Waals surface area contributed by atoms with E-state index in [1.165, 1.54) is 4.90 Å². The third kappa shape index (κ3) is 2.12. The van der Waals surface area contributed by atoms with Crippen molar-refractivity contribution in [2.24, 2.45) is 0 Å². The quantitative estimate of drug-likeness (QED) is 0.723. The second-order valence-corrected chi connectivity index (χ2v) is 4.86. The largest absolute Gasteiger partial charge is 0.369 e. The molecule has 0 bridgehead atoms. The van der Waals surface area contributed by atoms with Gasteiger partial charge >= 0.3 is 0 Å². The third-order valence-electron chi connectivity index (χ3n) is 2.45. The Morgan fingerprint density at radius 1 is 1.00 bits per heavy atom. The zero-order valence-corrected chi connectivity index (χ0v) is 9.87. The molecule has 3 rings (SSSR count). The highest BCUT2D eigenvalue weighted by atomic mass is 32.2. The van der Waals surface area contributed by atoms with E-state index in [-0.39, 0.29) is 0 Å². The van der Waals surface area contributed by atoms with Crippen molar-refractivity contribution in [2.45, 2.75) is 9.79 Å². The lowest BCUT2D eigenvalue weighted by atomic mass is 10.3. The number of hydrogen-bond acceptors (Lipinski definition) is 3. The van der Waals surface area contributed by atoms with Gasteiger partial charge in [-0.1, -0.05) is 30.0 Å². The number of nitrogen functional groups attached to an aromatic ring is 1. The highest BCUT2D eigenvalue weighted by molar-refractivity contribution is 7.99. The summed E-state index contributed by atoms with van der Waals surface area (Å²) < 4.78 is 0. The number of nitrogens with one attached hydrogen (secondary N) is 1. The predicted molar refractivity (Wildman–Crippen MR) is 71.1 cm³/mol. The van der Waals surface area contributed by atoms with Crippen LogP contribution in [0.25, 0.3) is 11.0 Å². The van der Waals surface area contributed by atoms with Gasteiger partial charge in [-0.3, -0.25) is 0 Å². The Morgan fingerprint density at radius 3 is 2.65 bits per heavy atom. The lowest BCUT2D eigenvalue weighted by Crippen LogP contribution is -1.84. The minimum atomic E-state index is 0.460. The normalized spacial score (nSPS) is 10.8. The van der Waals surface area contributed by atoms with Gasteiger partial charge in [0.25, 0.3) is 0 Å². The maximum Gasteiger partial charge on any atom is 0.198 e. The molecule has 4 heteroatoms. The van der Waals surface area contributed by atoms with Gasteiger partial charge in [-0.15, -0.1) is 0 Å². The van der Waals surface area contributed by atoms with Crippen molar-refractivity contribution < 1.29 is 0 Å². The summed E-state index contributed by atoms with van der Waals surface area (Å²) in [6, 6.07) is 16.4. The molecule has 0 aliphatic rings. The Kier molecular flexibility index (Phi) is 2.49. The second kappa shape index (κ2) is 4.14. The van der Waals surface area contributed by atoms with E-state index >= 15 is 0 Å². The van der Waals surface area contributed by atoms with Crippen molar-refractivity contribution in [1.82, 2.24) is 9.97 Å². The fraction of sp³-hybridized carbons (Fsp3) is 0. The molecule has 2 aromatic carbocycles. The molecule has 3 nitrogen and oxygen atoms in total. The predicted octanol–water partition coefficient (Wildman–Crippen LogP) is 3.30. The molecule has 0 saturated carbocycles. The van der Waals surface area contributed by atoms with E-state index in [2.05, 4.69) is 28.2 Å². The summed E-state index contributed by atoms with van der Waals surface area (Å²) in [6.07, 6.45) is 0. The van der Waals surface area contributed by atoms with Gasteiger partial charge in [0.1, 0.15) is 0 Å². The van der Waals surface area contributed by atoms with Gasteiger partial charge in [0.05, 0.1) is 11.0 Å². The number of nitrogens with zero attached hydrogens (tertiary/aromatic N) is 1. The van der Waals surface area contributed by atoms with Crippen LogP contribution in [-0.4, -0.2) is 9.97 Å². The Morgan fingerprint density at radius 2 is 1.82 bits per heavy atom. The first-order valence-corrected chi connectivity index (χ1v) is 6.11. The topological polar surface area (TPSA) is 54.7 Å². The summed E-state index contributed by atoms with van der Waals surface area (Å²) >= 11 is 1.72. The molecule has 0 fully saturated rings. The van der Waals surface area contributed by atoms with Crippen molar-refractivity contribution in [3.8, 4) is 0 Å². The van der Waals surface area contributed by atoms with E-state index in [9.17, 15) is 0 Å². The summed E-state index contributed by atoms with van der Waals surface area (Å²) in [5.41, 5.74) is 7.50. The number of nitrogens with two attached hydrogens (primary N) is 1. The van der Waals surface area contributed by atoms with E-state index < -0.39 is 0 Å². The minimum absolute atomic E-state index is 0.460. The first kappa shape index (κ1) is 10.2. The van der Waals surface area contributed by atoms with Gasteiger partial charge in [0, 0.05) is 9.79 Å². The lowest BCUT2D eigenvalue weighted by Gasteiger charge is -2.00. The van der Waals surface area contributed by atoms with Gasteiger partial charge in [-0.2, -0.15) is 0 Å². The van der Waals surface area contributed by atoms with Crippen LogP contribution in [0.15, 0.2) is 58.3 Å². The van der Waals surface area contributed by atoms with Crippen molar-refractivity contribution >= 4 is 28.7 Å². The zero-order valence-electron chi connectivity index (χ0n) is 9.05. The lowest BCUT2D eigenvalue weighted by molar-refractivity contribution is 1.35. The first-order valence-electron chi connectivity index (χ1n) is 5.29. The summed E-state index contributed by atoms with van der Waals surface area (Å²) in [4.78, 5) is 9.61. The Balaban J connectivity index is 1.95. The number of fused-ring (bicyclic) bond motifs is 1. The van der Waals surface area contributed by atoms with Crippen LogP contribution in [0.5, 0.6) is 0 Å². The van der Waals surface area contributed by atoms with Crippen molar-refractivity contribution in [1.29, 1.82) is 0 Å². The molecule has 0 aliphatic heterocycles. The van der Waals surface area contributed by atoms with Crippen molar-refractivity contribution in [3.05, 3.63) is 48.5 Å². The summed E-state index contributed by atoms with van der Waals surface area (Å²) in [5.74, 6) is 0.460. The summed E-state index contributed by atoms with van der Waals surface area (Å²) in [5, 5.41) is 0. The molecule has 0 radical (unpaired) electrons. The van der Waals surface area contributed by atoms with Crippen molar-refractivity contribution in [2.75, 3.05) is 5.73 Å². The van der Waals surface area contributed by atoms with Gasteiger partial charge in [0.15, 0.2) is 5.95 Å². The fourth-order valence-electron chi connectivity index (χ4n) is 1.69. The summed E-state index contributed by atoms with van der Waals surface area (Å²) in [7, 11) is 0. The average Bonchev–Trinajstić information content (AvgIpc) is 2.70. The molecule has 0 amide bonds. The maximum absolute atomic E-state index is 5.62. The standard InChI is InChI=1S/C13H11N3S/c14-13-15-11-7-6-10(8-12(11)16-13)17-9-4-2-1-3-5-9/h1-8H,(H3,14,15,16). The van der Waals surface area contributed by atoms with Crippen LogP contribution in [-0.2, 0) is 0 Å². The zero-order chi connectivity index (χ0) is 11.7. The van der Waals surface area contributed by atoms with E-state index in [0.717, 1.165) is 15.9 Å². The SMILES string of the molecule is Nc1nc2cc(Sc3ccccc3)ccc2[nH]1. The number of rotatable bonds is 2. The monoisotopic (exact) mass is 241 g/mol. The molecule has 3 N–H and O–H groups in total. The molecule has 17 heavy (non-hydrogen) atoms. The van der Waals surface area contributed by atoms with E-state index in [4.69, 9.17) is 5.73 Å². The smallest absolute Gasteiger partial charge is 0.198 e. The Labute approximate surface area is 103 Å². The van der Waals surface area contributed by atoms with E-state index in [1.807, 2.05) is 30.3 Å². The molecule has 0 saturated heterocycles.